The lowest BCUT2D eigenvalue weighted by Crippen LogP contribution is -2.22. The van der Waals surface area contributed by atoms with Gasteiger partial charge in [0.05, 0.1) is 32.0 Å². The highest BCUT2D eigenvalue weighted by molar-refractivity contribution is 7.85. The highest BCUT2D eigenvalue weighted by Gasteiger charge is 2.18. The fraction of sp³-hybridized carbons (Fsp3) is 0.263. The van der Waals surface area contributed by atoms with E-state index in [9.17, 15) is 13.8 Å². The summed E-state index contributed by atoms with van der Waals surface area (Å²) in [7, 11) is -1.30. The zero-order chi connectivity index (χ0) is 19.3. The Balaban J connectivity index is 2.05. The Hall–Kier alpha value is -2.18. The molecule has 1 amide bonds. The molecule has 26 heavy (non-hydrogen) atoms. The van der Waals surface area contributed by atoms with Gasteiger partial charge in [-0.15, -0.1) is 0 Å². The molecule has 0 saturated heterocycles. The maximum atomic E-state index is 12.3. The van der Waals surface area contributed by atoms with Crippen molar-refractivity contribution >= 4 is 40.0 Å². The average Bonchev–Trinajstić information content (AvgIpc) is 2.62. The van der Waals surface area contributed by atoms with E-state index in [-0.39, 0.29) is 5.56 Å². The number of aryl methyl sites for hydroxylation is 2. The van der Waals surface area contributed by atoms with Crippen molar-refractivity contribution in [3.63, 3.8) is 0 Å². The van der Waals surface area contributed by atoms with Crippen LogP contribution in [0.15, 0.2) is 41.3 Å². The molecule has 1 N–H and O–H groups in total. The van der Waals surface area contributed by atoms with Crippen molar-refractivity contribution in [1.82, 2.24) is 0 Å². The predicted molar refractivity (Wildman–Crippen MR) is 103 cm³/mol. The van der Waals surface area contributed by atoms with Gasteiger partial charge in [-0.1, -0.05) is 36.7 Å². The molecule has 5 nitrogen and oxygen atoms in total. The highest BCUT2D eigenvalue weighted by atomic mass is 35.5. The lowest BCUT2D eigenvalue weighted by Gasteiger charge is -2.12. The molecule has 0 aliphatic carbocycles. The third-order valence-corrected chi connectivity index (χ3v) is 5.31. The summed E-state index contributed by atoms with van der Waals surface area (Å²) < 4.78 is 17.1. The number of amides is 1. The van der Waals surface area contributed by atoms with Crippen LogP contribution in [0.25, 0.3) is 0 Å². The van der Waals surface area contributed by atoms with Crippen LogP contribution in [0.3, 0.4) is 0 Å². The standard InChI is InChI=1S/C19H20ClNO4S/c1-4-26(24)16-8-6-5-7-14(16)19(23)25-11-17(22)21-18-13(3)9-12(2)10-15(18)20/h5-10H,4,11H2,1-3H3,(H,21,22)/t26-/m0/s1. The third kappa shape index (κ3) is 4.93. The van der Waals surface area contributed by atoms with E-state index in [1.807, 2.05) is 19.9 Å². The number of hydrogen-bond acceptors (Lipinski definition) is 4. The third-order valence-electron chi connectivity index (χ3n) is 3.64. The molecule has 0 bridgehead atoms. The second kappa shape index (κ2) is 8.96. The quantitative estimate of drug-likeness (QED) is 0.756. The van der Waals surface area contributed by atoms with Crippen LogP contribution in [0.4, 0.5) is 5.69 Å². The molecule has 0 fully saturated rings. The SMILES string of the molecule is CC[S@](=O)c1ccccc1C(=O)OCC(=O)Nc1c(C)cc(C)cc1Cl. The summed E-state index contributed by atoms with van der Waals surface area (Å²) in [4.78, 5) is 24.8. The molecule has 2 aromatic carbocycles. The number of carbonyl (C=O) groups is 2. The largest absolute Gasteiger partial charge is 0.452 e. The molecule has 0 spiro atoms. The van der Waals surface area contributed by atoms with E-state index >= 15 is 0 Å². The Labute approximate surface area is 160 Å². The molecule has 1 atom stereocenters. The van der Waals surface area contributed by atoms with Gasteiger partial charge in [-0.05, 0) is 43.2 Å². The second-order valence-electron chi connectivity index (χ2n) is 5.69. The van der Waals surface area contributed by atoms with Gasteiger partial charge in [-0.25, -0.2) is 4.79 Å². The van der Waals surface area contributed by atoms with Gasteiger partial charge in [0, 0.05) is 5.75 Å². The van der Waals surface area contributed by atoms with E-state index in [0.29, 0.717) is 21.4 Å². The molecule has 138 valence electrons. The number of benzene rings is 2. The van der Waals surface area contributed by atoms with Gasteiger partial charge in [0.1, 0.15) is 0 Å². The van der Waals surface area contributed by atoms with Crippen molar-refractivity contribution in [2.24, 2.45) is 0 Å². The van der Waals surface area contributed by atoms with Crippen LogP contribution in [-0.2, 0) is 20.3 Å². The van der Waals surface area contributed by atoms with Crippen molar-refractivity contribution in [3.8, 4) is 0 Å². The number of carbonyl (C=O) groups excluding carboxylic acids is 2. The van der Waals surface area contributed by atoms with E-state index < -0.39 is 29.3 Å². The molecule has 2 aromatic rings. The summed E-state index contributed by atoms with van der Waals surface area (Å²) in [6.07, 6.45) is 0. The van der Waals surface area contributed by atoms with Crippen LogP contribution < -0.4 is 5.32 Å². The first-order valence-corrected chi connectivity index (χ1v) is 9.74. The van der Waals surface area contributed by atoms with Crippen LogP contribution in [0.5, 0.6) is 0 Å². The Kier molecular flexibility index (Phi) is 6.94. The molecule has 0 saturated carbocycles. The first kappa shape index (κ1) is 20.1. The summed E-state index contributed by atoms with van der Waals surface area (Å²) in [6, 6.07) is 10.1. The first-order valence-electron chi connectivity index (χ1n) is 8.04. The topological polar surface area (TPSA) is 72.5 Å². The summed E-state index contributed by atoms with van der Waals surface area (Å²) in [5, 5.41) is 3.08. The summed E-state index contributed by atoms with van der Waals surface area (Å²) in [6.45, 7) is 5.04. The van der Waals surface area contributed by atoms with Crippen LogP contribution in [0.1, 0.15) is 28.4 Å². The first-order chi connectivity index (χ1) is 12.3. The zero-order valence-electron chi connectivity index (χ0n) is 14.8. The minimum atomic E-state index is -1.30. The van der Waals surface area contributed by atoms with Crippen molar-refractivity contribution in [3.05, 3.63) is 58.1 Å². The molecule has 0 radical (unpaired) electrons. The van der Waals surface area contributed by atoms with Gasteiger partial charge in [-0.2, -0.15) is 0 Å². The lowest BCUT2D eigenvalue weighted by molar-refractivity contribution is -0.119. The van der Waals surface area contributed by atoms with Gasteiger partial charge in [0.25, 0.3) is 5.91 Å². The molecule has 0 aliphatic heterocycles. The maximum Gasteiger partial charge on any atom is 0.339 e. The molecule has 0 heterocycles. The average molecular weight is 394 g/mol. The molecular formula is C19H20ClNO4S. The van der Waals surface area contributed by atoms with Crippen LogP contribution >= 0.6 is 11.6 Å². The number of nitrogens with one attached hydrogen (secondary N) is 1. The van der Waals surface area contributed by atoms with Gasteiger partial charge < -0.3 is 10.1 Å². The zero-order valence-corrected chi connectivity index (χ0v) is 16.4. The van der Waals surface area contributed by atoms with Crippen molar-refractivity contribution in [2.45, 2.75) is 25.7 Å². The number of halogens is 1. The van der Waals surface area contributed by atoms with Crippen LogP contribution in [0.2, 0.25) is 5.02 Å². The Morgan fingerprint density at radius 3 is 2.54 bits per heavy atom. The Morgan fingerprint density at radius 1 is 1.19 bits per heavy atom. The number of esters is 1. The van der Waals surface area contributed by atoms with E-state index in [0.717, 1.165) is 11.1 Å². The Bertz CT molecular complexity index is 843. The minimum absolute atomic E-state index is 0.199. The van der Waals surface area contributed by atoms with E-state index in [4.69, 9.17) is 16.3 Å². The molecule has 0 aromatic heterocycles. The van der Waals surface area contributed by atoms with Gasteiger partial charge in [-0.3, -0.25) is 9.00 Å². The molecule has 0 aliphatic rings. The molecule has 2 rings (SSSR count). The second-order valence-corrected chi connectivity index (χ2v) is 7.81. The fourth-order valence-corrected chi connectivity index (χ4v) is 3.75. The van der Waals surface area contributed by atoms with Crippen LogP contribution in [-0.4, -0.2) is 28.4 Å². The molecule has 0 unspecified atom stereocenters. The fourth-order valence-electron chi connectivity index (χ4n) is 2.45. The van der Waals surface area contributed by atoms with Gasteiger partial charge in [0.15, 0.2) is 6.61 Å². The predicted octanol–water partition coefficient (Wildman–Crippen LogP) is 3.88. The van der Waals surface area contributed by atoms with Gasteiger partial charge in [0.2, 0.25) is 0 Å². The summed E-state index contributed by atoms with van der Waals surface area (Å²) in [5.41, 5.74) is 2.49. The smallest absolute Gasteiger partial charge is 0.339 e. The molecular weight excluding hydrogens is 374 g/mol. The van der Waals surface area contributed by atoms with Crippen molar-refractivity contribution in [1.29, 1.82) is 0 Å². The van der Waals surface area contributed by atoms with Gasteiger partial charge >= 0.3 is 5.97 Å². The number of hydrogen-bond donors (Lipinski definition) is 1. The summed E-state index contributed by atoms with van der Waals surface area (Å²) in [5.74, 6) is -0.804. The van der Waals surface area contributed by atoms with Crippen LogP contribution in [0, 0.1) is 13.8 Å². The highest BCUT2D eigenvalue weighted by Crippen LogP contribution is 2.27. The summed E-state index contributed by atoms with van der Waals surface area (Å²) >= 11 is 6.15. The van der Waals surface area contributed by atoms with E-state index in [2.05, 4.69) is 5.32 Å². The van der Waals surface area contributed by atoms with Crippen molar-refractivity contribution in [2.75, 3.05) is 17.7 Å². The Morgan fingerprint density at radius 2 is 1.88 bits per heavy atom. The monoisotopic (exact) mass is 393 g/mol. The van der Waals surface area contributed by atoms with Crippen molar-refractivity contribution < 1.29 is 18.5 Å². The number of rotatable bonds is 6. The normalized spacial score (nSPS) is 11.7. The molecule has 7 heteroatoms. The van der Waals surface area contributed by atoms with E-state index in [1.54, 1.807) is 31.2 Å². The lowest BCUT2D eigenvalue weighted by atomic mass is 10.1. The maximum absolute atomic E-state index is 12.3. The number of ether oxygens (including phenoxy) is 1. The number of anilines is 1. The minimum Gasteiger partial charge on any atom is -0.452 e. The van der Waals surface area contributed by atoms with E-state index in [1.165, 1.54) is 6.07 Å².